The normalized spacial score (nSPS) is 11.4. The topological polar surface area (TPSA) is 46.2 Å². The first kappa shape index (κ1) is 12.4. The highest BCUT2D eigenvalue weighted by atomic mass is 79.9. The second-order valence-corrected chi connectivity index (χ2v) is 6.30. The fourth-order valence-corrected chi connectivity index (χ4v) is 1.84. The fraction of sp³-hybridized carbons (Fsp3) is 0.333. The quantitative estimate of drug-likeness (QED) is 0.925. The maximum atomic E-state index is 12.8. The summed E-state index contributed by atoms with van der Waals surface area (Å²) in [4.78, 5) is 0. The van der Waals surface area contributed by atoms with Gasteiger partial charge >= 0.3 is 0 Å². The summed E-state index contributed by atoms with van der Waals surface area (Å²) in [7, 11) is -2.96. The molecule has 0 aliphatic carbocycles. The molecule has 1 aromatic carbocycles. The van der Waals surface area contributed by atoms with Gasteiger partial charge in [-0.05, 0) is 34.1 Å². The van der Waals surface area contributed by atoms with E-state index in [1.807, 2.05) is 0 Å². The standard InChI is InChI=1S/C9H11BrFNO2S/c1-15(13,14)5-4-12-7-2-3-9(11)8(10)6-7/h2-3,6,12H,4-5H2,1H3. The minimum absolute atomic E-state index is 0.0575. The zero-order chi connectivity index (χ0) is 11.5. The van der Waals surface area contributed by atoms with Gasteiger partial charge in [0.15, 0.2) is 0 Å². The van der Waals surface area contributed by atoms with Crippen LogP contribution in [0.25, 0.3) is 0 Å². The molecule has 0 aliphatic rings. The van der Waals surface area contributed by atoms with Crippen LogP contribution in [-0.2, 0) is 9.84 Å². The van der Waals surface area contributed by atoms with Crippen LogP contribution in [0.4, 0.5) is 10.1 Å². The van der Waals surface area contributed by atoms with Gasteiger partial charge < -0.3 is 5.32 Å². The molecule has 0 bridgehead atoms. The predicted molar refractivity (Wildman–Crippen MR) is 62.3 cm³/mol. The van der Waals surface area contributed by atoms with Crippen LogP contribution in [-0.4, -0.2) is 27.0 Å². The number of halogens is 2. The van der Waals surface area contributed by atoms with E-state index in [1.165, 1.54) is 12.3 Å². The largest absolute Gasteiger partial charge is 0.384 e. The highest BCUT2D eigenvalue weighted by Crippen LogP contribution is 2.19. The van der Waals surface area contributed by atoms with E-state index in [0.717, 1.165) is 0 Å². The first-order chi connectivity index (χ1) is 6.88. The van der Waals surface area contributed by atoms with Crippen molar-refractivity contribution in [2.24, 2.45) is 0 Å². The van der Waals surface area contributed by atoms with E-state index in [0.29, 0.717) is 16.7 Å². The van der Waals surface area contributed by atoms with Crippen molar-refractivity contribution < 1.29 is 12.8 Å². The summed E-state index contributed by atoms with van der Waals surface area (Å²) in [5.41, 5.74) is 0.687. The van der Waals surface area contributed by atoms with Crippen molar-refractivity contribution in [3.8, 4) is 0 Å². The van der Waals surface area contributed by atoms with Gasteiger partial charge in [0.25, 0.3) is 0 Å². The average Bonchev–Trinajstić information content (AvgIpc) is 2.09. The molecule has 0 amide bonds. The molecule has 0 spiro atoms. The van der Waals surface area contributed by atoms with Gasteiger partial charge in [0.1, 0.15) is 15.7 Å². The van der Waals surface area contributed by atoms with Crippen LogP contribution in [0.3, 0.4) is 0 Å². The Morgan fingerprint density at radius 2 is 2.13 bits per heavy atom. The van der Waals surface area contributed by atoms with Gasteiger partial charge in [0.05, 0.1) is 10.2 Å². The molecular formula is C9H11BrFNO2S. The Bertz CT molecular complexity index is 447. The molecule has 1 aromatic rings. The molecule has 0 fully saturated rings. The third-order valence-corrected chi connectivity index (χ3v) is 3.27. The van der Waals surface area contributed by atoms with Gasteiger partial charge in [-0.2, -0.15) is 0 Å². The van der Waals surface area contributed by atoms with E-state index in [2.05, 4.69) is 21.2 Å². The van der Waals surface area contributed by atoms with Crippen LogP contribution in [0.2, 0.25) is 0 Å². The first-order valence-corrected chi connectivity index (χ1v) is 7.10. The van der Waals surface area contributed by atoms with Crippen molar-refractivity contribution in [1.82, 2.24) is 0 Å². The smallest absolute Gasteiger partial charge is 0.149 e. The number of anilines is 1. The summed E-state index contributed by atoms with van der Waals surface area (Å²) >= 11 is 3.04. The molecular weight excluding hydrogens is 285 g/mol. The summed E-state index contributed by atoms with van der Waals surface area (Å²) in [6, 6.07) is 4.44. The fourth-order valence-electron chi connectivity index (χ4n) is 0.987. The molecule has 1 N–H and O–H groups in total. The second kappa shape index (κ2) is 4.94. The Morgan fingerprint density at radius 1 is 1.47 bits per heavy atom. The molecule has 0 saturated heterocycles. The van der Waals surface area contributed by atoms with Crippen molar-refractivity contribution in [2.45, 2.75) is 0 Å². The van der Waals surface area contributed by atoms with E-state index < -0.39 is 9.84 Å². The molecule has 3 nitrogen and oxygen atoms in total. The number of nitrogens with one attached hydrogen (secondary N) is 1. The Labute approximate surface area is 96.7 Å². The van der Waals surface area contributed by atoms with Crippen LogP contribution in [0.15, 0.2) is 22.7 Å². The Morgan fingerprint density at radius 3 is 2.67 bits per heavy atom. The number of sulfone groups is 1. The lowest BCUT2D eigenvalue weighted by atomic mass is 10.3. The molecule has 0 saturated carbocycles. The highest BCUT2D eigenvalue weighted by molar-refractivity contribution is 9.10. The van der Waals surface area contributed by atoms with Gasteiger partial charge in [-0.25, -0.2) is 12.8 Å². The first-order valence-electron chi connectivity index (χ1n) is 4.25. The summed E-state index contributed by atoms with van der Waals surface area (Å²) in [6.07, 6.45) is 1.18. The summed E-state index contributed by atoms with van der Waals surface area (Å²) in [5.74, 6) is -0.286. The Kier molecular flexibility index (Phi) is 4.10. The molecule has 0 aliphatic heterocycles. The predicted octanol–water partition coefficient (Wildman–Crippen LogP) is 2.04. The molecule has 1 rings (SSSR count). The van der Waals surface area contributed by atoms with Crippen LogP contribution in [0.5, 0.6) is 0 Å². The summed E-state index contributed by atoms with van der Waals surface area (Å²) < 4.78 is 34.9. The van der Waals surface area contributed by atoms with Crippen molar-refractivity contribution in [1.29, 1.82) is 0 Å². The van der Waals surface area contributed by atoms with Crippen molar-refractivity contribution in [3.63, 3.8) is 0 Å². The van der Waals surface area contributed by atoms with Gasteiger partial charge in [0, 0.05) is 18.5 Å². The van der Waals surface area contributed by atoms with Gasteiger partial charge in [-0.1, -0.05) is 0 Å². The lowest BCUT2D eigenvalue weighted by molar-refractivity contribution is 0.602. The maximum Gasteiger partial charge on any atom is 0.149 e. The van der Waals surface area contributed by atoms with Crippen molar-refractivity contribution >= 4 is 31.5 Å². The van der Waals surface area contributed by atoms with E-state index >= 15 is 0 Å². The zero-order valence-corrected chi connectivity index (χ0v) is 10.5. The SMILES string of the molecule is CS(=O)(=O)CCNc1ccc(F)c(Br)c1. The minimum Gasteiger partial charge on any atom is -0.384 e. The van der Waals surface area contributed by atoms with Crippen molar-refractivity contribution in [3.05, 3.63) is 28.5 Å². The third-order valence-electron chi connectivity index (χ3n) is 1.72. The van der Waals surface area contributed by atoms with Gasteiger partial charge in [-0.3, -0.25) is 0 Å². The number of benzene rings is 1. The molecule has 6 heteroatoms. The average molecular weight is 296 g/mol. The molecule has 84 valence electrons. The van der Waals surface area contributed by atoms with E-state index in [4.69, 9.17) is 0 Å². The van der Waals surface area contributed by atoms with E-state index in [-0.39, 0.29) is 11.6 Å². The lowest BCUT2D eigenvalue weighted by Crippen LogP contribution is -2.14. The van der Waals surface area contributed by atoms with E-state index in [1.54, 1.807) is 12.1 Å². The van der Waals surface area contributed by atoms with Crippen LogP contribution in [0, 0.1) is 5.82 Å². The number of hydrogen-bond donors (Lipinski definition) is 1. The number of hydrogen-bond acceptors (Lipinski definition) is 3. The third kappa shape index (κ3) is 4.61. The monoisotopic (exact) mass is 295 g/mol. The summed E-state index contributed by atoms with van der Waals surface area (Å²) in [5, 5.41) is 2.89. The molecule has 0 atom stereocenters. The molecule has 0 heterocycles. The second-order valence-electron chi connectivity index (χ2n) is 3.19. The molecule has 0 unspecified atom stereocenters. The zero-order valence-electron chi connectivity index (χ0n) is 8.13. The van der Waals surface area contributed by atoms with Crippen LogP contribution < -0.4 is 5.32 Å². The minimum atomic E-state index is -2.96. The van der Waals surface area contributed by atoms with Gasteiger partial charge in [0.2, 0.25) is 0 Å². The summed E-state index contributed by atoms with van der Waals surface area (Å²) in [6.45, 7) is 0.316. The maximum absolute atomic E-state index is 12.8. The highest BCUT2D eigenvalue weighted by Gasteiger charge is 2.03. The molecule has 0 aromatic heterocycles. The van der Waals surface area contributed by atoms with Crippen LogP contribution >= 0.6 is 15.9 Å². The van der Waals surface area contributed by atoms with E-state index in [9.17, 15) is 12.8 Å². The molecule has 0 radical (unpaired) electrons. The molecule has 15 heavy (non-hydrogen) atoms. The van der Waals surface area contributed by atoms with Gasteiger partial charge in [-0.15, -0.1) is 0 Å². The van der Waals surface area contributed by atoms with Crippen LogP contribution in [0.1, 0.15) is 0 Å². The Balaban J connectivity index is 2.55. The number of rotatable bonds is 4. The van der Waals surface area contributed by atoms with Crippen molar-refractivity contribution in [2.75, 3.05) is 23.9 Å². The Hall–Kier alpha value is -0.620. The lowest BCUT2D eigenvalue weighted by Gasteiger charge is -2.06.